The molecule has 0 saturated carbocycles. The summed E-state index contributed by atoms with van der Waals surface area (Å²) in [6, 6.07) is 12.7. The molecule has 2 rings (SSSR count). The molecule has 0 amide bonds. The fourth-order valence-electron chi connectivity index (χ4n) is 2.31. The molecule has 0 aromatic heterocycles. The van der Waals surface area contributed by atoms with E-state index in [9.17, 15) is 14.0 Å². The predicted octanol–water partition coefficient (Wildman–Crippen LogP) is 4.30. The minimum atomic E-state index is -2.90. The summed E-state index contributed by atoms with van der Waals surface area (Å²) in [6.45, 7) is 4.78. The van der Waals surface area contributed by atoms with Crippen molar-refractivity contribution in [2.75, 3.05) is 0 Å². The molecular formula is C20H20F2O3. The van der Waals surface area contributed by atoms with Crippen LogP contribution < -0.4 is 0 Å². The Balaban J connectivity index is 2.41. The van der Waals surface area contributed by atoms with E-state index < -0.39 is 35.3 Å². The number of hydrogen-bond acceptors (Lipinski definition) is 3. The Morgan fingerprint density at radius 1 is 0.960 bits per heavy atom. The van der Waals surface area contributed by atoms with Gasteiger partial charge in [0.15, 0.2) is 0 Å². The number of ketones is 1. The standard InChI is InChI=1S/C20H20F2O3/c1-19(2,3)25-18(24)20(22,13-14-9-11-16(21)12-10-14)17(23)15-7-5-4-6-8-15/h4-12H,13H2,1-3H3. The van der Waals surface area contributed by atoms with Gasteiger partial charge in [0, 0.05) is 12.0 Å². The Labute approximate surface area is 145 Å². The molecular weight excluding hydrogens is 326 g/mol. The Morgan fingerprint density at radius 3 is 2.04 bits per heavy atom. The normalized spacial score (nSPS) is 13.8. The monoisotopic (exact) mass is 346 g/mol. The van der Waals surface area contributed by atoms with Crippen LogP contribution in [0.25, 0.3) is 0 Å². The third kappa shape index (κ3) is 4.72. The van der Waals surface area contributed by atoms with E-state index in [2.05, 4.69) is 0 Å². The van der Waals surface area contributed by atoms with Gasteiger partial charge in [-0.2, -0.15) is 0 Å². The molecule has 2 aromatic rings. The predicted molar refractivity (Wildman–Crippen MR) is 90.6 cm³/mol. The second-order valence-corrected chi connectivity index (χ2v) is 6.80. The molecule has 0 heterocycles. The molecule has 0 N–H and O–H groups in total. The summed E-state index contributed by atoms with van der Waals surface area (Å²) >= 11 is 0. The van der Waals surface area contributed by atoms with E-state index in [4.69, 9.17) is 4.74 Å². The van der Waals surface area contributed by atoms with Crippen molar-refractivity contribution in [1.82, 2.24) is 0 Å². The van der Waals surface area contributed by atoms with Crippen LogP contribution >= 0.6 is 0 Å². The minimum absolute atomic E-state index is 0.0676. The van der Waals surface area contributed by atoms with Crippen LogP contribution in [0.5, 0.6) is 0 Å². The van der Waals surface area contributed by atoms with Crippen molar-refractivity contribution in [2.45, 2.75) is 38.5 Å². The highest BCUT2D eigenvalue weighted by atomic mass is 19.1. The number of ether oxygens (including phenoxy) is 1. The molecule has 0 spiro atoms. The highest BCUT2D eigenvalue weighted by molar-refractivity contribution is 6.15. The van der Waals surface area contributed by atoms with E-state index in [1.54, 1.807) is 39.0 Å². The molecule has 3 nitrogen and oxygen atoms in total. The third-order valence-corrected chi connectivity index (χ3v) is 3.48. The molecule has 0 saturated heterocycles. The maximum absolute atomic E-state index is 15.7. The van der Waals surface area contributed by atoms with Crippen molar-refractivity contribution < 1.29 is 23.1 Å². The molecule has 0 radical (unpaired) electrons. The van der Waals surface area contributed by atoms with Crippen LogP contribution in [0.2, 0.25) is 0 Å². The average molecular weight is 346 g/mol. The quantitative estimate of drug-likeness (QED) is 0.460. The first-order valence-electron chi connectivity index (χ1n) is 7.88. The topological polar surface area (TPSA) is 43.4 Å². The highest BCUT2D eigenvalue weighted by Crippen LogP contribution is 2.27. The first-order chi connectivity index (χ1) is 11.6. The van der Waals surface area contributed by atoms with Crippen molar-refractivity contribution in [3.05, 3.63) is 71.5 Å². The van der Waals surface area contributed by atoms with Crippen LogP contribution in [0.1, 0.15) is 36.7 Å². The van der Waals surface area contributed by atoms with E-state index >= 15 is 4.39 Å². The SMILES string of the molecule is CC(C)(C)OC(=O)C(F)(Cc1ccc(F)cc1)C(=O)c1ccccc1. The van der Waals surface area contributed by atoms with Crippen molar-refractivity contribution in [3.8, 4) is 0 Å². The number of carbonyl (C=O) groups is 2. The Kier molecular flexibility index (Phi) is 5.36. The van der Waals surface area contributed by atoms with Gasteiger partial charge in [0.05, 0.1) is 0 Å². The van der Waals surface area contributed by atoms with Crippen LogP contribution in [0.4, 0.5) is 8.78 Å². The molecule has 5 heteroatoms. The number of hydrogen-bond donors (Lipinski definition) is 0. The molecule has 0 aliphatic rings. The van der Waals surface area contributed by atoms with Gasteiger partial charge in [-0.05, 0) is 38.5 Å². The molecule has 25 heavy (non-hydrogen) atoms. The summed E-state index contributed by atoms with van der Waals surface area (Å²) < 4.78 is 33.9. The first-order valence-corrected chi connectivity index (χ1v) is 7.88. The molecule has 0 bridgehead atoms. The summed E-state index contributed by atoms with van der Waals surface area (Å²) in [7, 11) is 0. The number of esters is 1. The van der Waals surface area contributed by atoms with E-state index in [-0.39, 0.29) is 5.56 Å². The van der Waals surface area contributed by atoms with Crippen molar-refractivity contribution in [2.24, 2.45) is 0 Å². The maximum atomic E-state index is 15.7. The molecule has 132 valence electrons. The summed E-state index contributed by atoms with van der Waals surface area (Å²) in [5.74, 6) is -2.72. The largest absolute Gasteiger partial charge is 0.457 e. The summed E-state index contributed by atoms with van der Waals surface area (Å²) in [5, 5.41) is 0. The number of halogens is 2. The lowest BCUT2D eigenvalue weighted by Crippen LogP contribution is -2.48. The average Bonchev–Trinajstić information content (AvgIpc) is 2.55. The van der Waals surface area contributed by atoms with Gasteiger partial charge in [-0.3, -0.25) is 4.79 Å². The molecule has 0 fully saturated rings. The Hall–Kier alpha value is -2.56. The van der Waals surface area contributed by atoms with Crippen molar-refractivity contribution in [1.29, 1.82) is 0 Å². The summed E-state index contributed by atoms with van der Waals surface area (Å²) in [4.78, 5) is 25.2. The van der Waals surface area contributed by atoms with Gasteiger partial charge in [-0.1, -0.05) is 42.5 Å². The zero-order valence-corrected chi connectivity index (χ0v) is 14.4. The van der Waals surface area contributed by atoms with Gasteiger partial charge in [0.1, 0.15) is 11.4 Å². The lowest BCUT2D eigenvalue weighted by Gasteiger charge is -2.27. The minimum Gasteiger partial charge on any atom is -0.457 e. The molecule has 1 unspecified atom stereocenters. The van der Waals surface area contributed by atoms with E-state index in [1.165, 1.54) is 24.3 Å². The molecule has 2 aromatic carbocycles. The van der Waals surface area contributed by atoms with E-state index in [0.29, 0.717) is 5.56 Å². The van der Waals surface area contributed by atoms with Crippen molar-refractivity contribution >= 4 is 11.8 Å². The highest BCUT2D eigenvalue weighted by Gasteiger charge is 2.49. The van der Waals surface area contributed by atoms with Crippen LogP contribution in [-0.2, 0) is 16.0 Å². The number of alkyl halides is 1. The van der Waals surface area contributed by atoms with E-state index in [0.717, 1.165) is 12.1 Å². The third-order valence-electron chi connectivity index (χ3n) is 3.48. The number of Topliss-reactive ketones (excluding diaryl/α,β-unsaturated/α-hetero) is 1. The zero-order chi connectivity index (χ0) is 18.7. The second-order valence-electron chi connectivity index (χ2n) is 6.80. The van der Waals surface area contributed by atoms with Crippen molar-refractivity contribution in [3.63, 3.8) is 0 Å². The summed E-state index contributed by atoms with van der Waals surface area (Å²) in [6.07, 6.45) is -0.532. The number of carbonyl (C=O) groups excluding carboxylic acids is 2. The van der Waals surface area contributed by atoms with Gasteiger partial charge < -0.3 is 4.74 Å². The summed E-state index contributed by atoms with van der Waals surface area (Å²) in [5.41, 5.74) is -3.46. The van der Waals surface area contributed by atoms with Gasteiger partial charge in [-0.25, -0.2) is 13.6 Å². The fourth-order valence-corrected chi connectivity index (χ4v) is 2.31. The fraction of sp³-hybridized carbons (Fsp3) is 0.300. The van der Waals surface area contributed by atoms with Crippen LogP contribution in [0.3, 0.4) is 0 Å². The smallest absolute Gasteiger partial charge is 0.353 e. The Morgan fingerprint density at radius 2 is 1.52 bits per heavy atom. The molecule has 1 atom stereocenters. The van der Waals surface area contributed by atoms with Gasteiger partial charge in [0.25, 0.3) is 5.67 Å². The molecule has 0 aliphatic carbocycles. The van der Waals surface area contributed by atoms with E-state index in [1.807, 2.05) is 0 Å². The van der Waals surface area contributed by atoms with Crippen LogP contribution in [0.15, 0.2) is 54.6 Å². The lowest BCUT2D eigenvalue weighted by molar-refractivity contribution is -0.165. The van der Waals surface area contributed by atoms with Crippen LogP contribution in [-0.4, -0.2) is 23.0 Å². The Bertz CT molecular complexity index is 749. The number of benzene rings is 2. The first kappa shape index (κ1) is 18.8. The van der Waals surface area contributed by atoms with Crippen LogP contribution in [0, 0.1) is 5.82 Å². The zero-order valence-electron chi connectivity index (χ0n) is 14.4. The molecule has 0 aliphatic heterocycles. The van der Waals surface area contributed by atoms with Gasteiger partial charge in [0.2, 0.25) is 5.78 Å². The second kappa shape index (κ2) is 7.13. The lowest BCUT2D eigenvalue weighted by atomic mass is 9.88. The number of rotatable bonds is 5. The van der Waals surface area contributed by atoms with Gasteiger partial charge >= 0.3 is 5.97 Å². The maximum Gasteiger partial charge on any atom is 0.353 e. The van der Waals surface area contributed by atoms with Gasteiger partial charge in [-0.15, -0.1) is 0 Å².